The Kier molecular flexibility index (Phi) is 4.46. The fraction of sp³-hybridized carbons (Fsp3) is 0.417. The quantitative estimate of drug-likeness (QED) is 0.749. The molecular weight excluding hydrogens is 346 g/mol. The van der Waals surface area contributed by atoms with Gasteiger partial charge in [-0.05, 0) is 0 Å². The zero-order valence-corrected chi connectivity index (χ0v) is 13.0. The van der Waals surface area contributed by atoms with E-state index in [4.69, 9.17) is 24.1 Å². The van der Waals surface area contributed by atoms with Gasteiger partial charge >= 0.3 is 115 Å². The molecule has 0 amide bonds. The fourth-order valence-corrected chi connectivity index (χ4v) is 3.74. The molecule has 0 aromatic heterocycles. The summed E-state index contributed by atoms with van der Waals surface area (Å²) in [4.78, 5) is 2.23. The zero-order valence-electron chi connectivity index (χ0n) is 9.77. The van der Waals surface area contributed by atoms with E-state index in [1.165, 1.54) is 0 Å². The van der Waals surface area contributed by atoms with E-state index in [-0.39, 0.29) is 6.10 Å². The van der Waals surface area contributed by atoms with E-state index in [1.807, 2.05) is 16.7 Å². The van der Waals surface area contributed by atoms with E-state index in [0.717, 1.165) is 30.0 Å². The molecule has 1 unspecified atom stereocenters. The number of halogens is 2. The summed E-state index contributed by atoms with van der Waals surface area (Å²) < 4.78 is 7.96. The number of para-hydroxylation sites is 1. The minimum absolute atomic E-state index is 0.244. The van der Waals surface area contributed by atoms with Crippen LogP contribution in [0.25, 0.3) is 0 Å². The Morgan fingerprint density at radius 1 is 1.53 bits per heavy atom. The maximum atomic E-state index is 6.02. The molecule has 0 bridgehead atoms. The molecule has 1 aromatic carbocycles. The van der Waals surface area contributed by atoms with Crippen LogP contribution in [0.4, 0.5) is 5.69 Å². The van der Waals surface area contributed by atoms with Crippen LogP contribution < -0.4 is 9.64 Å². The van der Waals surface area contributed by atoms with Crippen molar-refractivity contribution in [3.05, 3.63) is 23.8 Å². The number of benzene rings is 1. The van der Waals surface area contributed by atoms with Crippen LogP contribution in [0.2, 0.25) is 0 Å². The molecule has 0 fully saturated rings. The molecule has 17 heavy (non-hydrogen) atoms. The Hall–Kier alpha value is -0.107. The second kappa shape index (κ2) is 5.69. The topological polar surface area (TPSA) is 12.5 Å². The molecule has 5 heteroatoms. The van der Waals surface area contributed by atoms with Crippen LogP contribution >= 0.6 is 19.4 Å². The van der Waals surface area contributed by atoms with E-state index >= 15 is 0 Å². The van der Waals surface area contributed by atoms with E-state index in [0.29, 0.717) is 0 Å². The molecular formula is C12H15Cl2NORu. The van der Waals surface area contributed by atoms with Crippen molar-refractivity contribution in [2.45, 2.75) is 19.4 Å². The van der Waals surface area contributed by atoms with Gasteiger partial charge in [-0.3, -0.25) is 0 Å². The molecule has 0 N–H and O–H groups in total. The summed E-state index contributed by atoms with van der Waals surface area (Å²) in [5.41, 5.74) is 2.14. The third kappa shape index (κ3) is 3.02. The molecule has 1 heterocycles. The van der Waals surface area contributed by atoms with Crippen LogP contribution in [0.1, 0.15) is 18.9 Å². The average molecular weight is 361 g/mol. The number of ether oxygens (including phenoxy) is 1. The number of anilines is 1. The van der Waals surface area contributed by atoms with Crippen molar-refractivity contribution in [2.75, 3.05) is 18.5 Å². The Morgan fingerprint density at radius 2 is 2.29 bits per heavy atom. The number of rotatable bonds is 2. The van der Waals surface area contributed by atoms with Crippen LogP contribution in [-0.4, -0.2) is 24.3 Å². The molecule has 0 saturated heterocycles. The van der Waals surface area contributed by atoms with Crippen molar-refractivity contribution in [1.82, 2.24) is 0 Å². The molecule has 1 aliphatic rings. The van der Waals surface area contributed by atoms with Gasteiger partial charge in [-0.15, -0.1) is 0 Å². The first kappa shape index (κ1) is 13.3. The molecule has 0 spiro atoms. The van der Waals surface area contributed by atoms with Gasteiger partial charge in [0.05, 0.1) is 0 Å². The summed E-state index contributed by atoms with van der Waals surface area (Å²) in [6, 6.07) is 6.09. The van der Waals surface area contributed by atoms with Crippen LogP contribution in [0.5, 0.6) is 5.75 Å². The third-order valence-corrected chi connectivity index (χ3v) is 4.67. The Balaban J connectivity index is 2.45. The van der Waals surface area contributed by atoms with Gasteiger partial charge in [0.2, 0.25) is 0 Å². The first-order chi connectivity index (χ1) is 8.11. The van der Waals surface area contributed by atoms with E-state index in [1.54, 1.807) is 0 Å². The summed E-state index contributed by atoms with van der Waals surface area (Å²) in [5.74, 6) is 0.924. The van der Waals surface area contributed by atoms with Gasteiger partial charge in [0.25, 0.3) is 0 Å². The summed E-state index contributed by atoms with van der Waals surface area (Å²) in [6.45, 7) is 3.06. The molecule has 1 atom stereocenters. The molecule has 0 saturated carbocycles. The van der Waals surface area contributed by atoms with Crippen molar-refractivity contribution in [3.63, 3.8) is 0 Å². The van der Waals surface area contributed by atoms with Gasteiger partial charge in [0.1, 0.15) is 0 Å². The second-order valence-corrected chi connectivity index (χ2v) is 9.76. The van der Waals surface area contributed by atoms with Crippen molar-refractivity contribution in [1.29, 1.82) is 0 Å². The average Bonchev–Trinajstić information content (AvgIpc) is 2.29. The SMILES string of the molecule is CCC1CN(C)c2cccc([CH]=[Ru]([Cl])[Cl])c2O1. The molecule has 96 valence electrons. The fourth-order valence-electron chi connectivity index (χ4n) is 1.95. The van der Waals surface area contributed by atoms with Crippen LogP contribution in [0.15, 0.2) is 18.2 Å². The van der Waals surface area contributed by atoms with E-state index in [9.17, 15) is 0 Å². The van der Waals surface area contributed by atoms with Gasteiger partial charge in [0, 0.05) is 0 Å². The molecule has 1 aliphatic heterocycles. The predicted molar refractivity (Wildman–Crippen MR) is 71.3 cm³/mol. The van der Waals surface area contributed by atoms with Crippen molar-refractivity contribution in [2.24, 2.45) is 0 Å². The van der Waals surface area contributed by atoms with Crippen molar-refractivity contribution >= 4 is 29.7 Å². The van der Waals surface area contributed by atoms with Crippen molar-refractivity contribution < 1.29 is 18.3 Å². The Labute approximate surface area is 115 Å². The summed E-state index contributed by atoms with van der Waals surface area (Å²) in [5, 5.41) is 0. The monoisotopic (exact) mass is 361 g/mol. The molecule has 0 aliphatic carbocycles. The van der Waals surface area contributed by atoms with Gasteiger partial charge in [-0.1, -0.05) is 0 Å². The first-order valence-corrected chi connectivity index (χ1v) is 10.9. The first-order valence-electron chi connectivity index (χ1n) is 5.45. The molecule has 2 nitrogen and oxygen atoms in total. The van der Waals surface area contributed by atoms with Crippen LogP contribution in [0.3, 0.4) is 0 Å². The number of fused-ring (bicyclic) bond motifs is 1. The molecule has 2 rings (SSSR count). The Bertz CT molecular complexity index is 446. The van der Waals surface area contributed by atoms with Gasteiger partial charge < -0.3 is 0 Å². The standard InChI is InChI=1S/C12H15NO.2ClH.Ru/c1-4-10-8-13(3)11-7-5-6-9(2)12(11)14-10;;;/h2,5-7,10H,4,8H2,1,3H3;2*1H;/q;;;+2/p-2. The minimum atomic E-state index is -1.82. The summed E-state index contributed by atoms with van der Waals surface area (Å²) >= 11 is -1.82. The summed E-state index contributed by atoms with van der Waals surface area (Å²) in [7, 11) is 14.0. The second-order valence-electron chi connectivity index (χ2n) is 4.03. The van der Waals surface area contributed by atoms with E-state index < -0.39 is 13.5 Å². The number of hydrogen-bond donors (Lipinski definition) is 0. The third-order valence-electron chi connectivity index (χ3n) is 2.84. The van der Waals surface area contributed by atoms with Gasteiger partial charge in [-0.2, -0.15) is 0 Å². The molecule has 1 aromatic rings. The normalized spacial score (nSPS) is 19.4. The van der Waals surface area contributed by atoms with Crippen LogP contribution in [-0.2, 0) is 13.5 Å². The van der Waals surface area contributed by atoms with Gasteiger partial charge in [0.15, 0.2) is 0 Å². The molecule has 0 radical (unpaired) electrons. The number of hydrogen-bond acceptors (Lipinski definition) is 2. The summed E-state index contributed by atoms with van der Waals surface area (Å²) in [6.07, 6.45) is 1.24. The van der Waals surface area contributed by atoms with Crippen molar-refractivity contribution in [3.8, 4) is 5.75 Å². The Morgan fingerprint density at radius 3 is 2.94 bits per heavy atom. The van der Waals surface area contributed by atoms with Gasteiger partial charge in [-0.25, -0.2) is 0 Å². The zero-order chi connectivity index (χ0) is 12.4. The number of likely N-dealkylation sites (N-methyl/N-ethyl adjacent to an activating group) is 1. The predicted octanol–water partition coefficient (Wildman–Crippen LogP) is 3.37. The van der Waals surface area contributed by atoms with E-state index in [2.05, 4.69) is 24.9 Å². The maximum absolute atomic E-state index is 6.02. The van der Waals surface area contributed by atoms with Crippen LogP contribution in [0, 0.1) is 0 Å². The number of nitrogens with zero attached hydrogens (tertiary/aromatic N) is 1.